The first kappa shape index (κ1) is 18.8. The summed E-state index contributed by atoms with van der Waals surface area (Å²) < 4.78 is 17.0. The van der Waals surface area contributed by atoms with Crippen molar-refractivity contribution in [2.75, 3.05) is 0 Å². The quantitative estimate of drug-likeness (QED) is 0.308. The third-order valence-corrected chi connectivity index (χ3v) is 5.59. The van der Waals surface area contributed by atoms with Gasteiger partial charge < -0.3 is 0 Å². The van der Waals surface area contributed by atoms with Crippen molar-refractivity contribution in [3.8, 4) is 0 Å². The number of hydrogen-bond acceptors (Lipinski definition) is 2. The standard InChI is InChI=1S/C14H10BrFN2.C7H5BrN2/c15-13-5-2-6-14-12(13)9-18(17-14)8-10-3-1-4-11(16)7-10;8-6-2-1-3-7-5(6)4-9-10-7/h1-7,9H,8H2;1-4H,(H,9,10). The summed E-state index contributed by atoms with van der Waals surface area (Å²) in [4.78, 5) is 0. The van der Waals surface area contributed by atoms with Crippen molar-refractivity contribution in [3.05, 3.63) is 93.4 Å². The lowest BCUT2D eigenvalue weighted by molar-refractivity contribution is 0.620. The van der Waals surface area contributed by atoms with Gasteiger partial charge in [-0.2, -0.15) is 10.2 Å². The van der Waals surface area contributed by atoms with Gasteiger partial charge >= 0.3 is 0 Å². The van der Waals surface area contributed by atoms with Gasteiger partial charge in [0.1, 0.15) is 5.82 Å². The van der Waals surface area contributed by atoms with E-state index in [1.807, 2.05) is 53.3 Å². The van der Waals surface area contributed by atoms with Crippen LogP contribution < -0.4 is 0 Å². The maximum absolute atomic E-state index is 13.1. The molecule has 0 spiro atoms. The molecule has 2 heterocycles. The highest BCUT2D eigenvalue weighted by Gasteiger charge is 2.04. The zero-order chi connectivity index (χ0) is 19.5. The highest BCUT2D eigenvalue weighted by Crippen LogP contribution is 2.23. The van der Waals surface area contributed by atoms with E-state index in [4.69, 9.17) is 0 Å². The Morgan fingerprint density at radius 1 is 0.929 bits per heavy atom. The second kappa shape index (κ2) is 8.24. The number of aromatic nitrogens is 4. The molecule has 5 aromatic rings. The molecule has 0 aliphatic rings. The Morgan fingerprint density at radius 3 is 2.43 bits per heavy atom. The van der Waals surface area contributed by atoms with E-state index in [2.05, 4.69) is 47.2 Å². The summed E-state index contributed by atoms with van der Waals surface area (Å²) in [5.74, 6) is -0.217. The lowest BCUT2D eigenvalue weighted by Crippen LogP contribution is -1.99. The molecule has 4 nitrogen and oxygen atoms in total. The van der Waals surface area contributed by atoms with E-state index >= 15 is 0 Å². The number of benzene rings is 3. The molecule has 0 saturated heterocycles. The van der Waals surface area contributed by atoms with Gasteiger partial charge in [-0.15, -0.1) is 0 Å². The smallest absolute Gasteiger partial charge is 0.123 e. The first-order valence-corrected chi connectivity index (χ1v) is 10.1. The van der Waals surface area contributed by atoms with Crippen LogP contribution in [0, 0.1) is 5.82 Å². The molecule has 0 fully saturated rings. The summed E-state index contributed by atoms with van der Waals surface area (Å²) in [5, 5.41) is 13.4. The van der Waals surface area contributed by atoms with Crippen molar-refractivity contribution in [1.82, 2.24) is 20.0 Å². The molecule has 140 valence electrons. The van der Waals surface area contributed by atoms with Crippen LogP contribution in [0.25, 0.3) is 21.8 Å². The van der Waals surface area contributed by atoms with E-state index in [0.717, 1.165) is 36.3 Å². The molecule has 7 heteroatoms. The Morgan fingerprint density at radius 2 is 1.68 bits per heavy atom. The van der Waals surface area contributed by atoms with E-state index in [0.29, 0.717) is 6.54 Å². The van der Waals surface area contributed by atoms with Crippen molar-refractivity contribution < 1.29 is 4.39 Å². The molecule has 2 aromatic heterocycles. The van der Waals surface area contributed by atoms with Crippen LogP contribution in [0.15, 0.2) is 82.0 Å². The van der Waals surface area contributed by atoms with Crippen LogP contribution in [0.5, 0.6) is 0 Å². The molecular formula is C21H15Br2FN4. The molecule has 3 aromatic carbocycles. The Labute approximate surface area is 177 Å². The molecule has 0 radical (unpaired) electrons. The predicted molar refractivity (Wildman–Crippen MR) is 117 cm³/mol. The molecule has 1 N–H and O–H groups in total. The van der Waals surface area contributed by atoms with Gasteiger partial charge in [-0.3, -0.25) is 9.78 Å². The molecule has 0 aliphatic heterocycles. The van der Waals surface area contributed by atoms with Crippen LogP contribution in [-0.2, 0) is 6.54 Å². The summed E-state index contributed by atoms with van der Waals surface area (Å²) in [7, 11) is 0. The normalized spacial score (nSPS) is 10.8. The molecule has 28 heavy (non-hydrogen) atoms. The largest absolute Gasteiger partial charge is 0.278 e. The van der Waals surface area contributed by atoms with Gasteiger partial charge in [-0.25, -0.2) is 4.39 Å². The maximum Gasteiger partial charge on any atom is 0.123 e. The van der Waals surface area contributed by atoms with Crippen LogP contribution >= 0.6 is 31.9 Å². The number of aromatic amines is 1. The van der Waals surface area contributed by atoms with Crippen molar-refractivity contribution in [2.45, 2.75) is 6.54 Å². The lowest BCUT2D eigenvalue weighted by Gasteiger charge is -2.01. The topological polar surface area (TPSA) is 46.5 Å². The van der Waals surface area contributed by atoms with E-state index in [9.17, 15) is 4.39 Å². The Kier molecular flexibility index (Phi) is 5.54. The second-order valence-electron chi connectivity index (χ2n) is 6.20. The van der Waals surface area contributed by atoms with Crippen LogP contribution in [0.3, 0.4) is 0 Å². The average Bonchev–Trinajstić information content (AvgIpc) is 3.30. The maximum atomic E-state index is 13.1. The monoisotopic (exact) mass is 500 g/mol. The lowest BCUT2D eigenvalue weighted by atomic mass is 10.2. The number of H-pyrrole nitrogens is 1. The third-order valence-electron chi connectivity index (χ3n) is 4.21. The minimum atomic E-state index is -0.217. The summed E-state index contributed by atoms with van der Waals surface area (Å²) in [5.41, 5.74) is 2.90. The van der Waals surface area contributed by atoms with E-state index in [1.165, 1.54) is 12.1 Å². The molecule has 0 saturated carbocycles. The van der Waals surface area contributed by atoms with Crippen LogP contribution in [0.2, 0.25) is 0 Å². The van der Waals surface area contributed by atoms with Gasteiger partial charge in [0.05, 0.1) is 23.8 Å². The van der Waals surface area contributed by atoms with Crippen molar-refractivity contribution >= 4 is 53.7 Å². The summed E-state index contributed by atoms with van der Waals surface area (Å²) in [6.07, 6.45) is 3.77. The second-order valence-corrected chi connectivity index (χ2v) is 7.91. The fraction of sp³-hybridized carbons (Fsp3) is 0.0476. The Hall–Kier alpha value is -2.51. The first-order valence-electron chi connectivity index (χ1n) is 8.54. The summed E-state index contributed by atoms with van der Waals surface area (Å²) >= 11 is 6.91. The number of halogens is 3. The minimum absolute atomic E-state index is 0.217. The highest BCUT2D eigenvalue weighted by atomic mass is 79.9. The third kappa shape index (κ3) is 4.15. The van der Waals surface area contributed by atoms with Crippen molar-refractivity contribution in [1.29, 1.82) is 0 Å². The zero-order valence-electron chi connectivity index (χ0n) is 14.6. The zero-order valence-corrected chi connectivity index (χ0v) is 17.8. The Balaban J connectivity index is 0.000000162. The molecule has 0 aliphatic carbocycles. The minimum Gasteiger partial charge on any atom is -0.278 e. The van der Waals surface area contributed by atoms with Gasteiger partial charge in [-0.05, 0) is 42.0 Å². The Bertz CT molecular complexity index is 1250. The van der Waals surface area contributed by atoms with Crippen molar-refractivity contribution in [3.63, 3.8) is 0 Å². The molecule has 0 amide bonds. The molecule has 0 bridgehead atoms. The van der Waals surface area contributed by atoms with Crippen LogP contribution in [0.4, 0.5) is 4.39 Å². The van der Waals surface area contributed by atoms with Gasteiger partial charge in [0.25, 0.3) is 0 Å². The predicted octanol–water partition coefficient (Wildman–Crippen LogP) is 6.31. The first-order chi connectivity index (χ1) is 13.6. The average molecular weight is 502 g/mol. The SMILES string of the molecule is Brc1cccc2[nH]ncc12.Fc1cccc(Cn2cc3c(Br)cccc3n2)c1. The fourth-order valence-electron chi connectivity index (χ4n) is 2.89. The fourth-order valence-corrected chi connectivity index (χ4v) is 3.82. The van der Waals surface area contributed by atoms with Crippen LogP contribution in [-0.4, -0.2) is 20.0 Å². The van der Waals surface area contributed by atoms with E-state index in [1.54, 1.807) is 12.3 Å². The van der Waals surface area contributed by atoms with Gasteiger partial charge in [0, 0.05) is 25.9 Å². The van der Waals surface area contributed by atoms with E-state index in [-0.39, 0.29) is 5.82 Å². The number of nitrogens with zero attached hydrogens (tertiary/aromatic N) is 3. The number of hydrogen-bond donors (Lipinski definition) is 1. The number of nitrogens with one attached hydrogen (secondary N) is 1. The summed E-state index contributed by atoms with van der Waals surface area (Å²) in [6.45, 7) is 0.568. The van der Waals surface area contributed by atoms with Gasteiger partial charge in [0.15, 0.2) is 0 Å². The molecule has 5 rings (SSSR count). The molecular weight excluding hydrogens is 487 g/mol. The van der Waals surface area contributed by atoms with Gasteiger partial charge in [0.2, 0.25) is 0 Å². The molecule has 0 atom stereocenters. The molecule has 0 unspecified atom stereocenters. The van der Waals surface area contributed by atoms with Crippen molar-refractivity contribution in [2.24, 2.45) is 0 Å². The number of rotatable bonds is 2. The van der Waals surface area contributed by atoms with Gasteiger partial charge in [-0.1, -0.05) is 56.1 Å². The van der Waals surface area contributed by atoms with E-state index < -0.39 is 0 Å². The van der Waals surface area contributed by atoms with Crippen LogP contribution in [0.1, 0.15) is 5.56 Å². The number of fused-ring (bicyclic) bond motifs is 2. The summed E-state index contributed by atoms with van der Waals surface area (Å²) in [6, 6.07) is 18.4. The highest BCUT2D eigenvalue weighted by molar-refractivity contribution is 9.11.